The third kappa shape index (κ3) is 4.94. The van der Waals surface area contributed by atoms with Crippen molar-refractivity contribution in [2.24, 2.45) is 11.8 Å². The Bertz CT molecular complexity index is 733. The second-order valence-electron chi connectivity index (χ2n) is 7.99. The Hall–Kier alpha value is -1.76. The first-order valence-corrected chi connectivity index (χ1v) is 10.8. The molecule has 1 fully saturated rings. The summed E-state index contributed by atoms with van der Waals surface area (Å²) in [6.07, 6.45) is 6.29. The topological polar surface area (TPSA) is 64.2 Å². The van der Waals surface area contributed by atoms with E-state index in [1.54, 1.807) is 6.26 Å². The quantitative estimate of drug-likeness (QED) is 0.659. The lowest BCUT2D eigenvalue weighted by Gasteiger charge is -2.33. The van der Waals surface area contributed by atoms with Crippen LogP contribution < -0.4 is 0 Å². The van der Waals surface area contributed by atoms with E-state index in [4.69, 9.17) is 4.42 Å². The first-order valence-electron chi connectivity index (χ1n) is 9.81. The summed E-state index contributed by atoms with van der Waals surface area (Å²) in [5.74, 6) is 3.20. The van der Waals surface area contributed by atoms with Crippen LogP contribution in [0.3, 0.4) is 0 Å². The SMILES string of the molecule is CC(C)Cn1c(SCC(=O)N(C)C2CCC(C)CC2)nnc1-c1ccco1. The highest BCUT2D eigenvalue weighted by molar-refractivity contribution is 7.99. The van der Waals surface area contributed by atoms with Gasteiger partial charge in [0.1, 0.15) is 0 Å². The Kier molecular flexibility index (Phi) is 6.63. The van der Waals surface area contributed by atoms with Crippen LogP contribution in [0.4, 0.5) is 0 Å². The summed E-state index contributed by atoms with van der Waals surface area (Å²) in [7, 11) is 1.94. The van der Waals surface area contributed by atoms with E-state index in [1.807, 2.05) is 24.1 Å². The fourth-order valence-corrected chi connectivity index (χ4v) is 4.45. The van der Waals surface area contributed by atoms with Crippen LogP contribution in [0.5, 0.6) is 0 Å². The third-order valence-corrected chi connectivity index (χ3v) is 6.21. The summed E-state index contributed by atoms with van der Waals surface area (Å²) in [6, 6.07) is 4.11. The number of aromatic nitrogens is 3. The molecule has 3 rings (SSSR count). The van der Waals surface area contributed by atoms with Crippen molar-refractivity contribution in [3.05, 3.63) is 18.4 Å². The van der Waals surface area contributed by atoms with Crippen molar-refractivity contribution in [1.29, 1.82) is 0 Å². The van der Waals surface area contributed by atoms with Crippen molar-refractivity contribution in [3.8, 4) is 11.6 Å². The van der Waals surface area contributed by atoms with Gasteiger partial charge in [-0.3, -0.25) is 9.36 Å². The molecule has 148 valence electrons. The number of hydrogen-bond acceptors (Lipinski definition) is 5. The maximum Gasteiger partial charge on any atom is 0.233 e. The molecule has 0 unspecified atom stereocenters. The minimum absolute atomic E-state index is 0.165. The molecule has 0 bridgehead atoms. The van der Waals surface area contributed by atoms with Crippen LogP contribution in [0.25, 0.3) is 11.6 Å². The number of thioether (sulfide) groups is 1. The minimum atomic E-state index is 0.165. The number of carbonyl (C=O) groups is 1. The number of nitrogens with zero attached hydrogens (tertiary/aromatic N) is 4. The van der Waals surface area contributed by atoms with Crippen LogP contribution in [0, 0.1) is 11.8 Å². The Morgan fingerprint density at radius 3 is 2.70 bits per heavy atom. The molecule has 7 heteroatoms. The Morgan fingerprint density at radius 2 is 2.07 bits per heavy atom. The molecule has 0 spiro atoms. The average molecular weight is 391 g/mol. The largest absolute Gasteiger partial charge is 0.461 e. The summed E-state index contributed by atoms with van der Waals surface area (Å²) in [5.41, 5.74) is 0. The number of furan rings is 1. The number of carbonyl (C=O) groups excluding carboxylic acids is 1. The van der Waals surface area contributed by atoms with Crippen molar-refractivity contribution in [2.75, 3.05) is 12.8 Å². The number of hydrogen-bond donors (Lipinski definition) is 0. The van der Waals surface area contributed by atoms with Crippen LogP contribution in [-0.2, 0) is 11.3 Å². The standard InChI is InChI=1S/C20H30N4O2S/c1-14(2)12-24-19(17-6-5-11-26-17)21-22-20(24)27-13-18(25)23(4)16-9-7-15(3)8-10-16/h5-6,11,14-16H,7-10,12-13H2,1-4H3. The van der Waals surface area contributed by atoms with Gasteiger partial charge in [0, 0.05) is 19.6 Å². The lowest BCUT2D eigenvalue weighted by molar-refractivity contribution is -0.129. The van der Waals surface area contributed by atoms with E-state index in [-0.39, 0.29) is 5.91 Å². The minimum Gasteiger partial charge on any atom is -0.461 e. The van der Waals surface area contributed by atoms with Crippen LogP contribution in [0.2, 0.25) is 0 Å². The van der Waals surface area contributed by atoms with E-state index in [2.05, 4.69) is 35.5 Å². The molecule has 27 heavy (non-hydrogen) atoms. The van der Waals surface area contributed by atoms with Gasteiger partial charge in [0.2, 0.25) is 5.91 Å². The van der Waals surface area contributed by atoms with Crippen LogP contribution >= 0.6 is 11.8 Å². The Morgan fingerprint density at radius 1 is 1.33 bits per heavy atom. The fourth-order valence-electron chi connectivity index (χ4n) is 3.57. The number of amides is 1. The molecule has 2 aromatic heterocycles. The highest BCUT2D eigenvalue weighted by Gasteiger charge is 2.25. The monoisotopic (exact) mass is 390 g/mol. The predicted molar refractivity (Wildman–Crippen MR) is 107 cm³/mol. The van der Waals surface area contributed by atoms with Gasteiger partial charge in [0.25, 0.3) is 0 Å². The van der Waals surface area contributed by atoms with Gasteiger partial charge >= 0.3 is 0 Å². The zero-order chi connectivity index (χ0) is 19.4. The molecule has 1 saturated carbocycles. The van der Waals surface area contributed by atoms with Crippen LogP contribution in [0.15, 0.2) is 28.0 Å². The van der Waals surface area contributed by atoms with Crippen LogP contribution in [-0.4, -0.2) is 44.4 Å². The van der Waals surface area contributed by atoms with Gasteiger partial charge < -0.3 is 9.32 Å². The van der Waals surface area contributed by atoms with E-state index >= 15 is 0 Å². The second kappa shape index (κ2) is 8.95. The molecule has 0 atom stereocenters. The summed E-state index contributed by atoms with van der Waals surface area (Å²) < 4.78 is 7.56. The predicted octanol–water partition coefficient (Wildman–Crippen LogP) is 4.32. The first kappa shape index (κ1) is 20.0. The van der Waals surface area contributed by atoms with E-state index in [0.717, 1.165) is 36.3 Å². The molecule has 1 amide bonds. The zero-order valence-electron chi connectivity index (χ0n) is 16.7. The molecule has 6 nitrogen and oxygen atoms in total. The number of rotatable bonds is 7. The molecule has 0 radical (unpaired) electrons. The Labute approximate surface area is 165 Å². The van der Waals surface area contributed by atoms with Gasteiger partial charge in [0.05, 0.1) is 12.0 Å². The normalized spacial score (nSPS) is 20.2. The molecule has 0 saturated heterocycles. The maximum absolute atomic E-state index is 12.7. The molecule has 2 aromatic rings. The third-order valence-electron chi connectivity index (χ3n) is 5.26. The molecule has 2 heterocycles. The van der Waals surface area contributed by atoms with Gasteiger partial charge in [-0.1, -0.05) is 32.5 Å². The van der Waals surface area contributed by atoms with Gasteiger partial charge in [-0.15, -0.1) is 10.2 Å². The van der Waals surface area contributed by atoms with Crippen molar-refractivity contribution in [3.63, 3.8) is 0 Å². The van der Waals surface area contributed by atoms with Gasteiger partial charge in [-0.25, -0.2) is 0 Å². The second-order valence-corrected chi connectivity index (χ2v) is 8.94. The highest BCUT2D eigenvalue weighted by Crippen LogP contribution is 2.28. The van der Waals surface area contributed by atoms with Crippen LogP contribution in [0.1, 0.15) is 46.5 Å². The molecule has 0 aliphatic heterocycles. The van der Waals surface area contributed by atoms with Crippen molar-refractivity contribution in [2.45, 2.75) is 64.2 Å². The summed E-state index contributed by atoms with van der Waals surface area (Å²) in [5, 5.41) is 9.40. The average Bonchev–Trinajstić information content (AvgIpc) is 3.29. The molecule has 1 aliphatic carbocycles. The molecule has 0 aromatic carbocycles. The van der Waals surface area contributed by atoms with E-state index in [0.29, 0.717) is 23.5 Å². The van der Waals surface area contributed by atoms with Gasteiger partial charge in [-0.05, 0) is 49.7 Å². The van der Waals surface area contributed by atoms with E-state index in [1.165, 1.54) is 24.6 Å². The van der Waals surface area contributed by atoms with Gasteiger partial charge in [-0.2, -0.15) is 0 Å². The molecular formula is C20H30N4O2S. The summed E-state index contributed by atoms with van der Waals surface area (Å²) >= 11 is 1.46. The summed E-state index contributed by atoms with van der Waals surface area (Å²) in [6.45, 7) is 7.40. The lowest BCUT2D eigenvalue weighted by Crippen LogP contribution is -2.40. The van der Waals surface area contributed by atoms with Crippen molar-refractivity contribution in [1.82, 2.24) is 19.7 Å². The smallest absolute Gasteiger partial charge is 0.233 e. The fraction of sp³-hybridized carbons (Fsp3) is 0.650. The van der Waals surface area contributed by atoms with Crippen molar-refractivity contribution < 1.29 is 9.21 Å². The van der Waals surface area contributed by atoms with Crippen molar-refractivity contribution >= 4 is 17.7 Å². The van der Waals surface area contributed by atoms with Gasteiger partial charge in [0.15, 0.2) is 16.7 Å². The van der Waals surface area contributed by atoms with E-state index < -0.39 is 0 Å². The first-order chi connectivity index (χ1) is 13.0. The molecule has 1 aliphatic rings. The lowest BCUT2D eigenvalue weighted by atomic mass is 9.87. The summed E-state index contributed by atoms with van der Waals surface area (Å²) in [4.78, 5) is 14.6. The van der Waals surface area contributed by atoms with E-state index in [9.17, 15) is 4.79 Å². The zero-order valence-corrected chi connectivity index (χ0v) is 17.5. The maximum atomic E-state index is 12.7. The molecular weight excluding hydrogens is 360 g/mol. The Balaban J connectivity index is 1.65. The molecule has 0 N–H and O–H groups in total. The highest BCUT2D eigenvalue weighted by atomic mass is 32.2.